The highest BCUT2D eigenvalue weighted by atomic mass is 16.2. The minimum atomic E-state index is -0.352. The molecule has 2 N–H and O–H groups in total. The molecule has 0 bridgehead atoms. The Bertz CT molecular complexity index is 864. The zero-order valence-corrected chi connectivity index (χ0v) is 13.5. The Morgan fingerprint density at radius 2 is 1.60 bits per heavy atom. The van der Waals surface area contributed by atoms with Gasteiger partial charge in [-0.2, -0.15) is 0 Å². The Hall–Kier alpha value is -3.47. The first-order chi connectivity index (χ1) is 12.2. The number of benzene rings is 2. The molecule has 0 unspecified atom stereocenters. The molecular formula is C20H17N3O2. The first kappa shape index (κ1) is 16.4. The van der Waals surface area contributed by atoms with Gasteiger partial charge < -0.3 is 10.6 Å². The maximum Gasteiger partial charge on any atom is 0.319 e. The second-order valence-electron chi connectivity index (χ2n) is 5.40. The molecule has 124 valence electrons. The largest absolute Gasteiger partial charge is 0.332 e. The Labute approximate surface area is 145 Å². The molecule has 5 heteroatoms. The molecule has 1 heterocycles. The van der Waals surface area contributed by atoms with Crippen LogP contribution in [0.4, 0.5) is 10.5 Å². The molecule has 0 saturated heterocycles. The topological polar surface area (TPSA) is 71.1 Å². The maximum atomic E-state index is 12.5. The van der Waals surface area contributed by atoms with E-state index in [4.69, 9.17) is 0 Å². The molecule has 0 aliphatic carbocycles. The van der Waals surface area contributed by atoms with Gasteiger partial charge in [-0.15, -0.1) is 0 Å². The van der Waals surface area contributed by atoms with E-state index in [1.807, 2.05) is 36.4 Å². The van der Waals surface area contributed by atoms with Gasteiger partial charge in [0.25, 0.3) is 0 Å². The third-order valence-corrected chi connectivity index (χ3v) is 3.57. The average Bonchev–Trinajstić information content (AvgIpc) is 2.67. The Balaban J connectivity index is 1.63. The van der Waals surface area contributed by atoms with Crippen molar-refractivity contribution in [3.63, 3.8) is 0 Å². The maximum absolute atomic E-state index is 12.5. The van der Waals surface area contributed by atoms with Gasteiger partial charge in [0, 0.05) is 23.0 Å². The number of hydrogen-bond donors (Lipinski definition) is 2. The van der Waals surface area contributed by atoms with Gasteiger partial charge in [-0.25, -0.2) is 4.79 Å². The summed E-state index contributed by atoms with van der Waals surface area (Å²) in [5.41, 5.74) is 2.46. The quantitative estimate of drug-likeness (QED) is 0.701. The van der Waals surface area contributed by atoms with Crippen LogP contribution in [-0.2, 0) is 6.54 Å². The third kappa shape index (κ3) is 4.51. The molecule has 0 aliphatic heterocycles. The van der Waals surface area contributed by atoms with Crippen molar-refractivity contribution in [3.8, 4) is 0 Å². The normalized spacial score (nSPS) is 10.1. The van der Waals surface area contributed by atoms with Gasteiger partial charge in [-0.3, -0.25) is 9.78 Å². The zero-order chi connectivity index (χ0) is 17.5. The van der Waals surface area contributed by atoms with Gasteiger partial charge in [-0.05, 0) is 24.3 Å². The summed E-state index contributed by atoms with van der Waals surface area (Å²) in [6.45, 7) is 0.329. The minimum Gasteiger partial charge on any atom is -0.332 e. The first-order valence-electron chi connectivity index (χ1n) is 7.87. The summed E-state index contributed by atoms with van der Waals surface area (Å²) in [6, 6.07) is 21.1. The van der Waals surface area contributed by atoms with Gasteiger partial charge in [0.2, 0.25) is 0 Å². The molecule has 2 amide bonds. The number of carbonyl (C=O) groups excluding carboxylic acids is 2. The number of hydrogen-bond acceptors (Lipinski definition) is 3. The van der Waals surface area contributed by atoms with Crippen LogP contribution in [0, 0.1) is 0 Å². The second-order valence-corrected chi connectivity index (χ2v) is 5.40. The number of aromatic nitrogens is 1. The number of amides is 2. The highest BCUT2D eigenvalue weighted by molar-refractivity contribution is 6.09. The van der Waals surface area contributed by atoms with Crippen molar-refractivity contribution in [2.75, 3.05) is 5.32 Å². The smallest absolute Gasteiger partial charge is 0.319 e. The lowest BCUT2D eigenvalue weighted by Crippen LogP contribution is -2.28. The highest BCUT2D eigenvalue weighted by Crippen LogP contribution is 2.15. The van der Waals surface area contributed by atoms with E-state index < -0.39 is 0 Å². The van der Waals surface area contributed by atoms with Gasteiger partial charge in [0.05, 0.1) is 12.2 Å². The van der Waals surface area contributed by atoms with Crippen LogP contribution in [0.3, 0.4) is 0 Å². The summed E-state index contributed by atoms with van der Waals surface area (Å²) in [6.07, 6.45) is 1.67. The number of urea groups is 1. The molecule has 25 heavy (non-hydrogen) atoms. The van der Waals surface area contributed by atoms with Gasteiger partial charge in [0.1, 0.15) is 0 Å². The zero-order valence-electron chi connectivity index (χ0n) is 13.5. The van der Waals surface area contributed by atoms with E-state index in [-0.39, 0.29) is 11.8 Å². The van der Waals surface area contributed by atoms with Gasteiger partial charge >= 0.3 is 6.03 Å². The van der Waals surface area contributed by atoms with Crippen LogP contribution < -0.4 is 10.6 Å². The summed E-state index contributed by atoms with van der Waals surface area (Å²) in [7, 11) is 0. The molecule has 0 atom stereocenters. The predicted octanol–water partition coefficient (Wildman–Crippen LogP) is 3.63. The van der Waals surface area contributed by atoms with Crippen molar-refractivity contribution >= 4 is 17.5 Å². The molecule has 0 fully saturated rings. The van der Waals surface area contributed by atoms with Crippen LogP contribution in [-0.4, -0.2) is 16.8 Å². The van der Waals surface area contributed by atoms with Crippen molar-refractivity contribution in [3.05, 3.63) is 95.8 Å². The van der Waals surface area contributed by atoms with E-state index in [1.165, 1.54) is 0 Å². The van der Waals surface area contributed by atoms with Crippen molar-refractivity contribution in [2.45, 2.75) is 6.54 Å². The van der Waals surface area contributed by atoms with Crippen molar-refractivity contribution in [2.24, 2.45) is 0 Å². The molecule has 0 spiro atoms. The standard InChI is InChI=1S/C20H17N3O2/c24-19(15-7-2-1-3-8-15)16-9-6-11-17(13-16)23-20(25)22-14-18-10-4-5-12-21-18/h1-13H,14H2,(H2,22,23,25). The van der Waals surface area contributed by atoms with Crippen molar-refractivity contribution < 1.29 is 9.59 Å². The van der Waals surface area contributed by atoms with E-state index in [1.54, 1.807) is 42.6 Å². The third-order valence-electron chi connectivity index (χ3n) is 3.57. The Morgan fingerprint density at radius 3 is 2.36 bits per heavy atom. The van der Waals surface area contributed by atoms with Gasteiger partial charge in [0.15, 0.2) is 5.78 Å². The number of nitrogens with one attached hydrogen (secondary N) is 2. The molecule has 1 aromatic heterocycles. The number of carbonyl (C=O) groups is 2. The van der Waals surface area contributed by atoms with E-state index >= 15 is 0 Å². The summed E-state index contributed by atoms with van der Waals surface area (Å²) in [5.74, 6) is -0.0851. The molecule has 5 nitrogen and oxygen atoms in total. The molecular weight excluding hydrogens is 314 g/mol. The van der Waals surface area contributed by atoms with Crippen LogP contribution in [0.5, 0.6) is 0 Å². The van der Waals surface area contributed by atoms with E-state index in [0.29, 0.717) is 23.4 Å². The number of anilines is 1. The predicted molar refractivity (Wildman–Crippen MR) is 96.4 cm³/mol. The first-order valence-corrected chi connectivity index (χ1v) is 7.87. The summed E-state index contributed by atoms with van der Waals surface area (Å²) >= 11 is 0. The van der Waals surface area contributed by atoms with E-state index in [0.717, 1.165) is 5.69 Å². The molecule has 0 aliphatic rings. The molecule has 0 saturated carbocycles. The fourth-order valence-corrected chi connectivity index (χ4v) is 2.34. The van der Waals surface area contributed by atoms with E-state index in [9.17, 15) is 9.59 Å². The molecule has 3 aromatic rings. The lowest BCUT2D eigenvalue weighted by Gasteiger charge is -2.09. The number of rotatable bonds is 5. The average molecular weight is 331 g/mol. The molecule has 0 radical (unpaired) electrons. The van der Waals surface area contributed by atoms with E-state index in [2.05, 4.69) is 15.6 Å². The number of ketones is 1. The molecule has 3 rings (SSSR count). The lowest BCUT2D eigenvalue weighted by molar-refractivity contribution is 0.103. The van der Waals surface area contributed by atoms with Crippen molar-refractivity contribution in [1.82, 2.24) is 10.3 Å². The Morgan fingerprint density at radius 1 is 0.840 bits per heavy atom. The monoisotopic (exact) mass is 331 g/mol. The van der Waals surface area contributed by atoms with Crippen LogP contribution >= 0.6 is 0 Å². The second kappa shape index (κ2) is 7.88. The summed E-state index contributed by atoms with van der Waals surface area (Å²) in [5, 5.41) is 5.46. The SMILES string of the molecule is O=C(NCc1ccccn1)Nc1cccc(C(=O)c2ccccc2)c1. The fraction of sp³-hybridized carbons (Fsp3) is 0.0500. The summed E-state index contributed by atoms with van der Waals surface area (Å²) in [4.78, 5) is 28.6. The van der Waals surface area contributed by atoms with Crippen LogP contribution in [0.25, 0.3) is 0 Å². The fourth-order valence-electron chi connectivity index (χ4n) is 2.34. The number of pyridine rings is 1. The molecule has 2 aromatic carbocycles. The van der Waals surface area contributed by atoms with Gasteiger partial charge in [-0.1, -0.05) is 48.5 Å². The minimum absolute atomic E-state index is 0.0851. The Kier molecular flexibility index (Phi) is 5.16. The van der Waals surface area contributed by atoms with Crippen LogP contribution in [0.2, 0.25) is 0 Å². The highest BCUT2D eigenvalue weighted by Gasteiger charge is 2.10. The summed E-state index contributed by atoms with van der Waals surface area (Å²) < 4.78 is 0. The van der Waals surface area contributed by atoms with Crippen LogP contribution in [0.1, 0.15) is 21.6 Å². The number of nitrogens with zero attached hydrogens (tertiary/aromatic N) is 1. The van der Waals surface area contributed by atoms with Crippen LogP contribution in [0.15, 0.2) is 79.0 Å². The van der Waals surface area contributed by atoms with Crippen molar-refractivity contribution in [1.29, 1.82) is 0 Å². The lowest BCUT2D eigenvalue weighted by atomic mass is 10.0.